The number of furan rings is 1. The minimum absolute atomic E-state index is 0.904. The fourth-order valence-electron chi connectivity index (χ4n) is 8.56. The van der Waals surface area contributed by atoms with Gasteiger partial charge in [-0.25, -0.2) is 0 Å². The van der Waals surface area contributed by atoms with Gasteiger partial charge in [-0.3, -0.25) is 0 Å². The van der Waals surface area contributed by atoms with Crippen LogP contribution in [0, 0.1) is 0 Å². The van der Waals surface area contributed by atoms with E-state index in [-0.39, 0.29) is 0 Å². The number of hydrogen-bond donors (Lipinski definition) is 0. The van der Waals surface area contributed by atoms with Crippen molar-refractivity contribution >= 4 is 82.1 Å². The Kier molecular flexibility index (Phi) is 6.90. The Hall–Kier alpha value is -7.16. The molecule has 0 bridgehead atoms. The Labute approximate surface area is 312 Å². The van der Waals surface area contributed by atoms with Crippen LogP contribution in [0.25, 0.3) is 87.3 Å². The SMILES string of the molecule is c1ccc(-c2ccccc2N(c2ccc(-c3cc4ccccc4c4c3ccc3ccccc34)cc2)c2cccc3c2ccc2c4ccccc4oc32)cc1. The van der Waals surface area contributed by atoms with E-state index in [1.807, 2.05) is 6.07 Å². The molecule has 0 aliphatic rings. The zero-order valence-corrected chi connectivity index (χ0v) is 29.4. The molecular weight excluding hydrogens is 655 g/mol. The fraction of sp³-hybridized carbons (Fsp3) is 0. The van der Waals surface area contributed by atoms with Gasteiger partial charge in [-0.2, -0.15) is 0 Å². The second kappa shape index (κ2) is 12.2. The van der Waals surface area contributed by atoms with Gasteiger partial charge in [0.05, 0.1) is 11.4 Å². The molecule has 0 radical (unpaired) electrons. The van der Waals surface area contributed by atoms with Gasteiger partial charge < -0.3 is 9.32 Å². The Morgan fingerprint density at radius 1 is 0.333 bits per heavy atom. The first-order valence-electron chi connectivity index (χ1n) is 18.5. The van der Waals surface area contributed by atoms with Crippen molar-refractivity contribution in [3.63, 3.8) is 0 Å². The third-order valence-corrected chi connectivity index (χ3v) is 11.0. The van der Waals surface area contributed by atoms with Crippen LogP contribution in [0.3, 0.4) is 0 Å². The predicted molar refractivity (Wildman–Crippen MR) is 229 cm³/mol. The standard InChI is InChI=1S/C52H33NO/c1-2-13-34(14-3-1)39-17-8-10-22-48(39)53(49-23-12-21-45-42(49)31-32-46-43-20-9-11-24-50(43)54-52(45)46)38-28-25-36(26-29-38)47-33-37-16-5-7-19-41(37)51-40-18-6-4-15-35(40)27-30-44(47)51/h1-33H. The van der Waals surface area contributed by atoms with Gasteiger partial charge in [-0.1, -0.05) is 158 Å². The monoisotopic (exact) mass is 687 g/mol. The first-order valence-corrected chi connectivity index (χ1v) is 18.5. The molecule has 0 aliphatic heterocycles. The van der Waals surface area contributed by atoms with Crippen LogP contribution in [0.2, 0.25) is 0 Å². The summed E-state index contributed by atoms with van der Waals surface area (Å²) < 4.78 is 6.54. The van der Waals surface area contributed by atoms with Crippen LogP contribution >= 0.6 is 0 Å². The third kappa shape index (κ3) is 4.74. The molecule has 2 heteroatoms. The van der Waals surface area contributed by atoms with Gasteiger partial charge in [-0.05, 0) is 91.5 Å². The summed E-state index contributed by atoms with van der Waals surface area (Å²) in [4.78, 5) is 2.41. The summed E-state index contributed by atoms with van der Waals surface area (Å²) in [5.41, 5.74) is 9.85. The first-order chi connectivity index (χ1) is 26.8. The molecule has 2 nitrogen and oxygen atoms in total. The van der Waals surface area contributed by atoms with E-state index in [0.717, 1.165) is 55.3 Å². The van der Waals surface area contributed by atoms with Crippen LogP contribution in [0.5, 0.6) is 0 Å². The molecule has 0 amide bonds. The maximum absolute atomic E-state index is 6.54. The van der Waals surface area contributed by atoms with Crippen LogP contribution in [0.4, 0.5) is 17.1 Å². The van der Waals surface area contributed by atoms with Crippen LogP contribution < -0.4 is 4.90 Å². The molecule has 10 aromatic carbocycles. The van der Waals surface area contributed by atoms with Crippen LogP contribution in [0.1, 0.15) is 0 Å². The Bertz CT molecular complexity index is 3200. The van der Waals surface area contributed by atoms with E-state index in [9.17, 15) is 0 Å². The topological polar surface area (TPSA) is 16.4 Å². The number of fused-ring (bicyclic) bond motifs is 10. The van der Waals surface area contributed by atoms with Crippen molar-refractivity contribution in [2.24, 2.45) is 0 Å². The lowest BCUT2D eigenvalue weighted by molar-refractivity contribution is 0.672. The number of para-hydroxylation sites is 2. The molecule has 0 saturated carbocycles. The number of rotatable bonds is 5. The maximum atomic E-state index is 6.54. The zero-order valence-electron chi connectivity index (χ0n) is 29.4. The summed E-state index contributed by atoms with van der Waals surface area (Å²) in [5, 5.41) is 12.1. The summed E-state index contributed by atoms with van der Waals surface area (Å²) in [6.07, 6.45) is 0. The molecule has 1 aromatic heterocycles. The lowest BCUT2D eigenvalue weighted by Crippen LogP contribution is -2.11. The molecule has 0 saturated heterocycles. The average molecular weight is 688 g/mol. The molecular formula is C52H33NO. The summed E-state index contributed by atoms with van der Waals surface area (Å²) in [7, 11) is 0. The highest BCUT2D eigenvalue weighted by Crippen LogP contribution is 2.46. The lowest BCUT2D eigenvalue weighted by atomic mass is 9.90. The van der Waals surface area contributed by atoms with E-state index in [0.29, 0.717) is 0 Å². The van der Waals surface area contributed by atoms with Crippen molar-refractivity contribution in [3.05, 3.63) is 200 Å². The van der Waals surface area contributed by atoms with E-state index < -0.39 is 0 Å². The molecule has 0 fully saturated rings. The van der Waals surface area contributed by atoms with Gasteiger partial charge in [0.15, 0.2) is 0 Å². The molecule has 11 rings (SSSR count). The molecule has 0 atom stereocenters. The highest BCUT2D eigenvalue weighted by molar-refractivity contribution is 6.24. The van der Waals surface area contributed by atoms with Crippen LogP contribution in [-0.4, -0.2) is 0 Å². The van der Waals surface area contributed by atoms with Gasteiger partial charge >= 0.3 is 0 Å². The summed E-state index contributed by atoms with van der Waals surface area (Å²) >= 11 is 0. The van der Waals surface area contributed by atoms with Crippen molar-refractivity contribution < 1.29 is 4.42 Å². The Morgan fingerprint density at radius 3 is 1.78 bits per heavy atom. The molecule has 252 valence electrons. The van der Waals surface area contributed by atoms with E-state index in [1.54, 1.807) is 0 Å². The Balaban J connectivity index is 1.14. The smallest absolute Gasteiger partial charge is 0.143 e. The lowest BCUT2D eigenvalue weighted by Gasteiger charge is -2.29. The molecule has 0 N–H and O–H groups in total. The summed E-state index contributed by atoms with van der Waals surface area (Å²) in [6.45, 7) is 0. The van der Waals surface area contributed by atoms with Crippen LogP contribution in [0.15, 0.2) is 205 Å². The normalized spacial score (nSPS) is 11.7. The highest BCUT2D eigenvalue weighted by atomic mass is 16.3. The van der Waals surface area contributed by atoms with Crippen molar-refractivity contribution in [1.29, 1.82) is 0 Å². The first kappa shape index (κ1) is 30.5. The Morgan fingerprint density at radius 2 is 0.926 bits per heavy atom. The van der Waals surface area contributed by atoms with Gasteiger partial charge in [0, 0.05) is 32.8 Å². The average Bonchev–Trinajstić information content (AvgIpc) is 3.63. The number of benzene rings is 10. The largest absolute Gasteiger partial charge is 0.455 e. The molecule has 54 heavy (non-hydrogen) atoms. The quantitative estimate of drug-likeness (QED) is 0.168. The van der Waals surface area contributed by atoms with Crippen molar-refractivity contribution in [3.8, 4) is 22.3 Å². The highest BCUT2D eigenvalue weighted by Gasteiger charge is 2.21. The minimum Gasteiger partial charge on any atom is -0.455 e. The van der Waals surface area contributed by atoms with Gasteiger partial charge in [0.1, 0.15) is 11.2 Å². The van der Waals surface area contributed by atoms with E-state index in [1.165, 1.54) is 49.0 Å². The molecule has 0 spiro atoms. The van der Waals surface area contributed by atoms with E-state index >= 15 is 0 Å². The summed E-state index contributed by atoms with van der Waals surface area (Å²) in [5.74, 6) is 0. The second-order valence-electron chi connectivity index (χ2n) is 14.0. The molecule has 0 aliphatic carbocycles. The number of anilines is 3. The van der Waals surface area contributed by atoms with Crippen molar-refractivity contribution in [2.45, 2.75) is 0 Å². The van der Waals surface area contributed by atoms with E-state index in [2.05, 4.69) is 199 Å². The number of nitrogens with zero attached hydrogens (tertiary/aromatic N) is 1. The van der Waals surface area contributed by atoms with Crippen LogP contribution in [-0.2, 0) is 0 Å². The molecule has 11 aromatic rings. The van der Waals surface area contributed by atoms with E-state index in [4.69, 9.17) is 4.42 Å². The van der Waals surface area contributed by atoms with Crippen molar-refractivity contribution in [1.82, 2.24) is 0 Å². The predicted octanol–water partition coefficient (Wildman–Crippen LogP) is 15.0. The second-order valence-corrected chi connectivity index (χ2v) is 14.0. The number of hydrogen-bond acceptors (Lipinski definition) is 2. The summed E-state index contributed by atoms with van der Waals surface area (Å²) in [6, 6.07) is 72.3. The van der Waals surface area contributed by atoms with Gasteiger partial charge in [0.25, 0.3) is 0 Å². The fourth-order valence-corrected chi connectivity index (χ4v) is 8.56. The minimum atomic E-state index is 0.904. The maximum Gasteiger partial charge on any atom is 0.143 e. The molecule has 1 heterocycles. The third-order valence-electron chi connectivity index (χ3n) is 11.0. The zero-order chi connectivity index (χ0) is 35.6. The van der Waals surface area contributed by atoms with Gasteiger partial charge in [-0.15, -0.1) is 0 Å². The molecule has 0 unspecified atom stereocenters. The van der Waals surface area contributed by atoms with Gasteiger partial charge in [0.2, 0.25) is 0 Å². The van der Waals surface area contributed by atoms with Crippen molar-refractivity contribution in [2.75, 3.05) is 4.90 Å².